The predicted molar refractivity (Wildman–Crippen MR) is 83.9 cm³/mol. The van der Waals surface area contributed by atoms with Gasteiger partial charge in [0.05, 0.1) is 0 Å². The third-order valence-corrected chi connectivity index (χ3v) is 4.97. The molecule has 0 amide bonds. The van der Waals surface area contributed by atoms with E-state index in [1.54, 1.807) is 12.1 Å². The summed E-state index contributed by atoms with van der Waals surface area (Å²) in [6.45, 7) is 6.24. The van der Waals surface area contributed by atoms with E-state index in [-0.39, 0.29) is 4.90 Å². The zero-order chi connectivity index (χ0) is 15.1. The van der Waals surface area contributed by atoms with Gasteiger partial charge in [-0.25, -0.2) is 18.1 Å². The fourth-order valence-electron chi connectivity index (χ4n) is 2.32. The van der Waals surface area contributed by atoms with E-state index >= 15 is 0 Å². The Hall–Kier alpha value is -1.18. The van der Waals surface area contributed by atoms with E-state index in [0.29, 0.717) is 12.4 Å². The Bertz CT molecular complexity index is 524. The molecule has 1 aromatic rings. The van der Waals surface area contributed by atoms with Crippen molar-refractivity contribution in [3.05, 3.63) is 18.3 Å². The molecular formula is C14H24N4O2S. The number of pyridine rings is 1. The van der Waals surface area contributed by atoms with Crippen LogP contribution in [0.25, 0.3) is 0 Å². The van der Waals surface area contributed by atoms with Gasteiger partial charge in [-0.2, -0.15) is 0 Å². The molecule has 0 aliphatic carbocycles. The molecule has 0 radical (unpaired) electrons. The van der Waals surface area contributed by atoms with Crippen molar-refractivity contribution < 1.29 is 8.42 Å². The summed E-state index contributed by atoms with van der Waals surface area (Å²) in [6, 6.07) is 3.29. The summed E-state index contributed by atoms with van der Waals surface area (Å²) in [4.78, 5) is 6.62. The highest BCUT2D eigenvalue weighted by Crippen LogP contribution is 2.11. The summed E-state index contributed by atoms with van der Waals surface area (Å²) in [7, 11) is -3.46. The van der Waals surface area contributed by atoms with Gasteiger partial charge in [-0.1, -0.05) is 6.92 Å². The van der Waals surface area contributed by atoms with Gasteiger partial charge >= 0.3 is 0 Å². The van der Waals surface area contributed by atoms with E-state index in [1.165, 1.54) is 19.0 Å². The molecule has 0 bridgehead atoms. The van der Waals surface area contributed by atoms with E-state index in [2.05, 4.69) is 26.8 Å². The average molecular weight is 312 g/mol. The molecular weight excluding hydrogens is 288 g/mol. The van der Waals surface area contributed by atoms with Crippen LogP contribution in [0, 0.1) is 0 Å². The second-order valence-corrected chi connectivity index (χ2v) is 7.02. The van der Waals surface area contributed by atoms with Gasteiger partial charge in [-0.3, -0.25) is 0 Å². The van der Waals surface area contributed by atoms with E-state index in [9.17, 15) is 8.42 Å². The van der Waals surface area contributed by atoms with Gasteiger partial charge in [-0.05, 0) is 44.5 Å². The Morgan fingerprint density at radius 1 is 1.24 bits per heavy atom. The van der Waals surface area contributed by atoms with Crippen molar-refractivity contribution in [1.82, 2.24) is 14.6 Å². The SMILES string of the molecule is CCCNc1ccc(S(=O)(=O)NCCN2CCCC2)cn1. The fraction of sp³-hybridized carbons (Fsp3) is 0.643. The molecule has 1 fully saturated rings. The van der Waals surface area contributed by atoms with Crippen LogP contribution in [0.1, 0.15) is 26.2 Å². The van der Waals surface area contributed by atoms with Crippen molar-refractivity contribution in [2.24, 2.45) is 0 Å². The largest absolute Gasteiger partial charge is 0.370 e. The smallest absolute Gasteiger partial charge is 0.242 e. The second kappa shape index (κ2) is 7.72. The van der Waals surface area contributed by atoms with Crippen LogP contribution < -0.4 is 10.0 Å². The molecule has 0 unspecified atom stereocenters. The molecule has 7 heteroatoms. The van der Waals surface area contributed by atoms with Gasteiger partial charge in [0.1, 0.15) is 10.7 Å². The Labute approximate surface area is 127 Å². The average Bonchev–Trinajstić information content (AvgIpc) is 2.98. The van der Waals surface area contributed by atoms with E-state index < -0.39 is 10.0 Å². The van der Waals surface area contributed by atoms with Crippen molar-refractivity contribution in [3.8, 4) is 0 Å². The van der Waals surface area contributed by atoms with Gasteiger partial charge in [0.25, 0.3) is 0 Å². The first-order valence-electron chi connectivity index (χ1n) is 7.54. The highest BCUT2D eigenvalue weighted by Gasteiger charge is 2.16. The molecule has 1 aliphatic rings. The Balaban J connectivity index is 1.85. The van der Waals surface area contributed by atoms with Crippen molar-refractivity contribution in [3.63, 3.8) is 0 Å². The molecule has 2 N–H and O–H groups in total. The highest BCUT2D eigenvalue weighted by molar-refractivity contribution is 7.89. The normalized spacial score (nSPS) is 16.2. The van der Waals surface area contributed by atoms with Gasteiger partial charge in [0.15, 0.2) is 0 Å². The third kappa shape index (κ3) is 4.94. The summed E-state index contributed by atoms with van der Waals surface area (Å²) in [5.74, 6) is 0.702. The lowest BCUT2D eigenvalue weighted by atomic mass is 10.4. The lowest BCUT2D eigenvalue weighted by Crippen LogP contribution is -2.33. The molecule has 0 saturated carbocycles. The number of hydrogen-bond acceptors (Lipinski definition) is 5. The molecule has 0 spiro atoms. The zero-order valence-corrected chi connectivity index (χ0v) is 13.3. The number of sulfonamides is 1. The number of nitrogens with zero attached hydrogens (tertiary/aromatic N) is 2. The second-order valence-electron chi connectivity index (χ2n) is 5.25. The van der Waals surface area contributed by atoms with Gasteiger partial charge in [-0.15, -0.1) is 0 Å². The molecule has 1 aromatic heterocycles. The first-order chi connectivity index (χ1) is 10.1. The van der Waals surface area contributed by atoms with Crippen LogP contribution in [-0.2, 0) is 10.0 Å². The van der Waals surface area contributed by atoms with Crippen LogP contribution in [0.2, 0.25) is 0 Å². The predicted octanol–water partition coefficient (Wildman–Crippen LogP) is 1.28. The van der Waals surface area contributed by atoms with Crippen molar-refractivity contribution in [2.75, 3.05) is 38.0 Å². The number of nitrogens with one attached hydrogen (secondary N) is 2. The third-order valence-electron chi connectivity index (χ3n) is 3.52. The summed E-state index contributed by atoms with van der Waals surface area (Å²) >= 11 is 0. The number of likely N-dealkylation sites (tertiary alicyclic amines) is 1. The first kappa shape index (κ1) is 16.2. The highest BCUT2D eigenvalue weighted by atomic mass is 32.2. The molecule has 0 atom stereocenters. The molecule has 0 aromatic carbocycles. The van der Waals surface area contributed by atoms with Crippen LogP contribution in [0.15, 0.2) is 23.2 Å². The fourth-order valence-corrected chi connectivity index (χ4v) is 3.29. The molecule has 2 rings (SSSR count). The quantitative estimate of drug-likeness (QED) is 0.756. The van der Waals surface area contributed by atoms with Crippen LogP contribution >= 0.6 is 0 Å². The van der Waals surface area contributed by atoms with E-state index in [1.807, 2.05) is 0 Å². The number of anilines is 1. The van der Waals surface area contributed by atoms with Gasteiger partial charge in [0, 0.05) is 25.8 Å². The van der Waals surface area contributed by atoms with Crippen molar-refractivity contribution >= 4 is 15.8 Å². The Morgan fingerprint density at radius 3 is 2.62 bits per heavy atom. The molecule has 2 heterocycles. The van der Waals surface area contributed by atoms with Gasteiger partial charge in [0.2, 0.25) is 10.0 Å². The number of aromatic nitrogens is 1. The zero-order valence-electron chi connectivity index (χ0n) is 12.5. The molecule has 118 valence electrons. The van der Waals surface area contributed by atoms with Crippen LogP contribution in [0.4, 0.5) is 5.82 Å². The van der Waals surface area contributed by atoms with Crippen LogP contribution in [0.5, 0.6) is 0 Å². The van der Waals surface area contributed by atoms with Gasteiger partial charge < -0.3 is 10.2 Å². The molecule has 21 heavy (non-hydrogen) atoms. The van der Waals surface area contributed by atoms with Crippen molar-refractivity contribution in [1.29, 1.82) is 0 Å². The Kier molecular flexibility index (Phi) is 5.96. The molecule has 6 nitrogen and oxygen atoms in total. The standard InChI is InChI=1S/C14H24N4O2S/c1-2-7-15-14-6-5-13(12-16-14)21(19,20)17-8-11-18-9-3-4-10-18/h5-6,12,17H,2-4,7-11H2,1H3,(H,15,16). The monoisotopic (exact) mass is 312 g/mol. The lowest BCUT2D eigenvalue weighted by molar-refractivity contribution is 0.344. The molecule has 1 saturated heterocycles. The number of rotatable bonds is 8. The summed E-state index contributed by atoms with van der Waals surface area (Å²) in [5.41, 5.74) is 0. The van der Waals surface area contributed by atoms with Crippen molar-refractivity contribution in [2.45, 2.75) is 31.1 Å². The summed E-state index contributed by atoms with van der Waals surface area (Å²) < 4.78 is 26.9. The van der Waals surface area contributed by atoms with Crippen LogP contribution in [-0.4, -0.2) is 51.0 Å². The lowest BCUT2D eigenvalue weighted by Gasteiger charge is -2.14. The molecule has 1 aliphatic heterocycles. The number of hydrogen-bond donors (Lipinski definition) is 2. The first-order valence-corrected chi connectivity index (χ1v) is 9.02. The minimum Gasteiger partial charge on any atom is -0.370 e. The van der Waals surface area contributed by atoms with E-state index in [4.69, 9.17) is 0 Å². The Morgan fingerprint density at radius 2 is 2.00 bits per heavy atom. The topological polar surface area (TPSA) is 74.3 Å². The maximum atomic E-state index is 12.1. The maximum Gasteiger partial charge on any atom is 0.242 e. The summed E-state index contributed by atoms with van der Waals surface area (Å²) in [6.07, 6.45) is 4.82. The van der Waals surface area contributed by atoms with Crippen LogP contribution in [0.3, 0.4) is 0 Å². The maximum absolute atomic E-state index is 12.1. The van der Waals surface area contributed by atoms with E-state index in [0.717, 1.165) is 32.6 Å². The minimum atomic E-state index is -3.46. The summed E-state index contributed by atoms with van der Waals surface area (Å²) in [5, 5.41) is 3.12. The minimum absolute atomic E-state index is 0.214.